The largest absolute Gasteiger partial charge is 0.358 e. The predicted octanol–water partition coefficient (Wildman–Crippen LogP) is 11.0. The fourth-order valence-corrected chi connectivity index (χ4v) is 0.249. The van der Waals surface area contributed by atoms with Gasteiger partial charge in [0, 0.05) is 161 Å². The van der Waals surface area contributed by atoms with Crippen LogP contribution in [0.2, 0.25) is 0 Å². The molecule has 0 aromatic rings. The van der Waals surface area contributed by atoms with Crippen molar-refractivity contribution in [1.29, 1.82) is 0 Å². The molecule has 0 aromatic carbocycles. The van der Waals surface area contributed by atoms with Crippen LogP contribution in [0.5, 0.6) is 0 Å². The van der Waals surface area contributed by atoms with Gasteiger partial charge in [0.2, 0.25) is 0 Å². The van der Waals surface area contributed by atoms with Crippen molar-refractivity contribution >= 4 is 104 Å². The Kier molecular flexibility index (Phi) is 1300. The normalized spacial score (nSPS) is 3.98. The Morgan fingerprint density at radius 3 is 0.902 bits per heavy atom. The molecule has 0 aromatic heterocycles. The van der Waals surface area contributed by atoms with Crippen molar-refractivity contribution < 1.29 is 128 Å². The van der Waals surface area contributed by atoms with Crippen LogP contribution < -0.4 is 29.6 Å². The number of nitroso groups, excluding NO2 is 1. The molecule has 0 fully saturated rings. The third kappa shape index (κ3) is 574. The first-order valence-corrected chi connectivity index (χ1v) is 29.3. The zero-order valence-electron chi connectivity index (χ0n) is 31.0. The van der Waals surface area contributed by atoms with Gasteiger partial charge in [-0.2, -0.15) is 4.91 Å². The SMILES string of the molecule is C.C.CC.CC.CC.CC.CC.CC.CCN=O.CCNC(=O)NC.CN.I.II.I[I-]I.[3H]C.[3H]C.[CH3-].[CH3-].[W].[W].[Y].[Y]. The average molecular weight is 1780 g/mol. The van der Waals surface area contributed by atoms with Gasteiger partial charge in [-0.05, 0) is 20.9 Å². The van der Waals surface area contributed by atoms with Crippen LogP contribution >= 0.6 is 98.4 Å². The Balaban J connectivity index is -0.00000000564. The molecule has 0 aliphatic heterocycles. The number of halogens is 6. The number of rotatable bonds is 2. The number of nitrogens with zero attached hydrogens (tertiary/aromatic N) is 1. The van der Waals surface area contributed by atoms with E-state index in [0.29, 0.717) is 26.3 Å². The van der Waals surface area contributed by atoms with Gasteiger partial charge in [-0.1, -0.05) is 118 Å². The summed E-state index contributed by atoms with van der Waals surface area (Å²) in [5.41, 5.74) is 4.50. The molecule has 0 aliphatic carbocycles. The number of hydrogen-bond acceptors (Lipinski definition) is 4. The maximum absolute atomic E-state index is 10.2. The van der Waals surface area contributed by atoms with Gasteiger partial charge in [-0.25, -0.2) is 4.79 Å². The van der Waals surface area contributed by atoms with Crippen LogP contribution in [-0.4, -0.2) is 33.2 Å². The molecule has 4 N–H and O–H groups in total. The molecule has 2 radical (unpaired) electrons. The minimum Gasteiger partial charge on any atom is -0.358 e. The summed E-state index contributed by atoms with van der Waals surface area (Å²) in [6.45, 7) is 28.6. The summed E-state index contributed by atoms with van der Waals surface area (Å²) < 4.78 is 11.5. The van der Waals surface area contributed by atoms with Gasteiger partial charge in [0.25, 0.3) is 0 Å². The summed E-state index contributed by atoms with van der Waals surface area (Å²) in [5, 5.41) is 7.45. The average Bonchev–Trinajstić information content (AvgIpc) is 3.00. The van der Waals surface area contributed by atoms with E-state index in [1.807, 2.05) is 90.0 Å². The smallest absolute Gasteiger partial charge is 0.0194 e. The predicted molar refractivity (Wildman–Crippen MR) is 234 cm³/mol. The van der Waals surface area contributed by atoms with E-state index < -0.39 is 0 Å². The molecular weight excluding hydrogens is 1700 g/mol. The van der Waals surface area contributed by atoms with E-state index in [1.54, 1.807) is 14.0 Å². The summed E-state index contributed by atoms with van der Waals surface area (Å²) in [6.07, 6.45) is 0. The third-order valence-electron chi connectivity index (χ3n) is 0.693. The van der Waals surface area contributed by atoms with Gasteiger partial charge in [-0.15, -0.1) is 24.0 Å². The molecule has 41 heavy (non-hydrogen) atoms. The molecular formula is C25H79I6N4O2W2Y2-3. The second-order valence-corrected chi connectivity index (χ2v) is 17.9. The molecule has 0 spiro atoms. The zero-order valence-corrected chi connectivity index (χ0v) is 53.7. The molecule has 16 heteroatoms. The molecule has 0 atom stereocenters. The monoisotopic (exact) mass is 1780 g/mol. The fraction of sp³-hybridized carbons (Fsp3) is 0.880. The molecule has 0 unspecified atom stereocenters. The van der Waals surface area contributed by atoms with Gasteiger partial charge in [0.1, 0.15) is 0 Å². The Bertz CT molecular complexity index is 186. The third-order valence-corrected chi connectivity index (χ3v) is 0.693. The maximum atomic E-state index is 10.2. The standard InChI is InChI=1S/C4H10N2O.C2H5NO.6C2H6.CH5N.4CH4.2CH3.I3.I2.HI.2W.2Y/c1-3-6-4(7)5-2;1-2-3-4;7*1-2;;;;;;;1-3-2;1-2;;;;;/h3H2,1-2H3,(H2,5,6,7);2H2,1H3;6*1-2H3;2H2,1H3;4*1H4;2*1H3;;;1H;;;;/q;;;;;;;;;;;;;3*-1;;;;;;/i;;;;;;;;;2*1T;;;;;;;;;;;. The molecule has 0 aliphatic rings. The van der Waals surface area contributed by atoms with E-state index in [4.69, 9.17) is 7.65 Å². The summed E-state index contributed by atoms with van der Waals surface area (Å²) in [5.74, 6) is 0. The molecule has 2 amide bonds. The van der Waals surface area contributed by atoms with Gasteiger partial charge < -0.3 is 31.2 Å². The first-order valence-electron chi connectivity index (χ1n) is 12.5. The van der Waals surface area contributed by atoms with Gasteiger partial charge in [0.15, 0.2) is 0 Å². The maximum Gasteiger partial charge on any atom is 0.0194 e. The Morgan fingerprint density at radius 2 is 0.878 bits per heavy atom. The molecule has 0 rings (SSSR count). The summed E-state index contributed by atoms with van der Waals surface area (Å²) in [6, 6.07) is -0.123. The number of carbonyl (C=O) groups excluding carboxylic acids is 1. The van der Waals surface area contributed by atoms with Crippen LogP contribution in [0.15, 0.2) is 5.18 Å². The van der Waals surface area contributed by atoms with Crippen molar-refractivity contribution in [3.05, 3.63) is 19.8 Å². The topological polar surface area (TPSA) is 96.6 Å². The van der Waals surface area contributed by atoms with Crippen LogP contribution in [-0.2, 0) is 108 Å². The first-order chi connectivity index (χ1) is 16.6. The van der Waals surface area contributed by atoms with E-state index in [2.05, 4.69) is 96.0 Å². The van der Waals surface area contributed by atoms with E-state index in [-0.39, 0.29) is 167 Å². The van der Waals surface area contributed by atoms with Crippen molar-refractivity contribution in [3.8, 4) is 0 Å². The van der Waals surface area contributed by atoms with E-state index >= 15 is 0 Å². The number of nitrogens with one attached hydrogen (secondary N) is 2. The number of urea groups is 1. The second kappa shape index (κ2) is 393. The summed E-state index contributed by atoms with van der Waals surface area (Å²) in [7, 11) is 5.59. The van der Waals surface area contributed by atoms with E-state index in [9.17, 15) is 4.79 Å². The fourth-order valence-electron chi connectivity index (χ4n) is 0.249. The Labute approximate surface area is 419 Å². The van der Waals surface area contributed by atoms with Crippen molar-refractivity contribution in [2.24, 2.45) is 10.9 Å². The van der Waals surface area contributed by atoms with Crippen LogP contribution in [0, 0.1) is 19.8 Å². The second-order valence-electron chi connectivity index (χ2n) is 1.61. The van der Waals surface area contributed by atoms with Crippen molar-refractivity contribution in [2.45, 2.75) is 127 Å². The van der Waals surface area contributed by atoms with Crippen molar-refractivity contribution in [1.82, 2.24) is 10.6 Å². The quantitative estimate of drug-likeness (QED) is 0.146. The van der Waals surface area contributed by atoms with Gasteiger partial charge in [0.05, 0.1) is 6.54 Å². The molecule has 0 heterocycles. The van der Waals surface area contributed by atoms with Crippen LogP contribution in [0.1, 0.15) is 129 Å². The van der Waals surface area contributed by atoms with Crippen LogP contribution in [0.3, 0.4) is 0 Å². The molecule has 274 valence electrons. The van der Waals surface area contributed by atoms with Crippen LogP contribution in [0.25, 0.3) is 0 Å². The van der Waals surface area contributed by atoms with E-state index in [1.165, 1.54) is 21.9 Å². The number of hydrogen-bond donors (Lipinski definition) is 3. The van der Waals surface area contributed by atoms with Crippen LogP contribution in [0.4, 0.5) is 4.79 Å². The van der Waals surface area contributed by atoms with Crippen molar-refractivity contribution in [3.63, 3.8) is 0 Å². The van der Waals surface area contributed by atoms with Gasteiger partial charge >= 0.3 is 56.5 Å². The molecule has 0 saturated carbocycles. The zero-order chi connectivity index (χ0) is 31.8. The minimum absolute atomic E-state index is 0. The summed E-state index contributed by atoms with van der Waals surface area (Å²) in [4.78, 5) is 19.1. The Morgan fingerprint density at radius 1 is 0.756 bits per heavy atom. The molecule has 6 nitrogen and oxygen atoms in total. The van der Waals surface area contributed by atoms with Gasteiger partial charge in [-0.3, -0.25) is 0 Å². The molecule has 0 bridgehead atoms. The number of amides is 2. The van der Waals surface area contributed by atoms with Crippen molar-refractivity contribution in [2.75, 3.05) is 27.2 Å². The summed E-state index contributed by atoms with van der Waals surface area (Å²) >= 11 is 9.54. The number of carbonyl (C=O) groups is 1. The first kappa shape index (κ1) is 135. The Hall–Kier alpha value is 6.79. The molecule has 0 saturated heterocycles. The minimum atomic E-state index is -0.123. The number of nitrogens with two attached hydrogens (primary N) is 1. The van der Waals surface area contributed by atoms with E-state index in [0.717, 1.165) is 0 Å².